The Balaban J connectivity index is 1.68. The van der Waals surface area contributed by atoms with Gasteiger partial charge >= 0.3 is 0 Å². The number of allylic oxidation sites excluding steroid dienone is 1. The third-order valence-electron chi connectivity index (χ3n) is 5.46. The Hall–Kier alpha value is -1.93. The van der Waals surface area contributed by atoms with E-state index in [1.165, 1.54) is 46.2 Å². The number of nitrogen functional groups attached to an aromatic ring is 1. The Labute approximate surface area is 168 Å². The Morgan fingerprint density at radius 2 is 1.81 bits per heavy atom. The lowest BCUT2D eigenvalue weighted by molar-refractivity contribution is 0.392. The fourth-order valence-corrected chi connectivity index (χ4v) is 4.59. The molecule has 1 aliphatic rings. The molecule has 0 amide bonds. The number of benzene rings is 2. The number of fused-ring (bicyclic) bond motifs is 1. The maximum atomic E-state index is 6.01. The maximum absolute atomic E-state index is 6.01. The SMILES string of the molecule is C=C(S/C=C(\C)Cc1cc(C)c(N)cc1C)c1ccc2c(c1)CC(C)(C)C2. The van der Waals surface area contributed by atoms with Gasteiger partial charge in [0.05, 0.1) is 0 Å². The van der Waals surface area contributed by atoms with Gasteiger partial charge in [0.25, 0.3) is 0 Å². The highest BCUT2D eigenvalue weighted by molar-refractivity contribution is 8.10. The van der Waals surface area contributed by atoms with Gasteiger partial charge in [0.1, 0.15) is 0 Å². The monoisotopic (exact) mass is 377 g/mol. The first-order chi connectivity index (χ1) is 12.6. The van der Waals surface area contributed by atoms with Crippen molar-refractivity contribution in [1.82, 2.24) is 0 Å². The topological polar surface area (TPSA) is 26.0 Å². The first-order valence-corrected chi connectivity index (χ1v) is 10.5. The van der Waals surface area contributed by atoms with Crippen molar-refractivity contribution in [1.29, 1.82) is 0 Å². The Bertz CT molecular complexity index is 918. The predicted octanol–water partition coefficient (Wildman–Crippen LogP) is 6.86. The van der Waals surface area contributed by atoms with Crippen LogP contribution in [0.1, 0.15) is 54.2 Å². The Morgan fingerprint density at radius 3 is 2.56 bits per heavy atom. The molecule has 0 heterocycles. The van der Waals surface area contributed by atoms with Gasteiger partial charge in [-0.3, -0.25) is 0 Å². The molecule has 27 heavy (non-hydrogen) atoms. The second kappa shape index (κ2) is 7.59. The van der Waals surface area contributed by atoms with Crippen LogP contribution in [0.4, 0.5) is 5.69 Å². The molecule has 2 heteroatoms. The quantitative estimate of drug-likeness (QED) is 0.576. The lowest BCUT2D eigenvalue weighted by Crippen LogP contribution is -2.09. The van der Waals surface area contributed by atoms with Crippen molar-refractivity contribution in [3.05, 3.63) is 81.3 Å². The van der Waals surface area contributed by atoms with Crippen LogP contribution in [-0.4, -0.2) is 0 Å². The molecule has 142 valence electrons. The van der Waals surface area contributed by atoms with Crippen LogP contribution in [-0.2, 0) is 19.3 Å². The zero-order valence-corrected chi connectivity index (χ0v) is 18.1. The Kier molecular flexibility index (Phi) is 5.58. The van der Waals surface area contributed by atoms with Gasteiger partial charge in [-0.05, 0) is 90.3 Å². The molecule has 0 atom stereocenters. The highest BCUT2D eigenvalue weighted by atomic mass is 32.2. The largest absolute Gasteiger partial charge is 0.399 e. The highest BCUT2D eigenvalue weighted by Crippen LogP contribution is 2.38. The lowest BCUT2D eigenvalue weighted by atomic mass is 9.90. The summed E-state index contributed by atoms with van der Waals surface area (Å²) in [5.74, 6) is 0. The van der Waals surface area contributed by atoms with Gasteiger partial charge < -0.3 is 5.73 Å². The molecule has 0 spiro atoms. The number of anilines is 1. The molecule has 3 rings (SSSR count). The van der Waals surface area contributed by atoms with Gasteiger partial charge in [0.2, 0.25) is 0 Å². The van der Waals surface area contributed by atoms with E-state index in [0.29, 0.717) is 5.41 Å². The second-order valence-corrected chi connectivity index (χ2v) is 9.78. The number of rotatable bonds is 5. The van der Waals surface area contributed by atoms with Gasteiger partial charge in [0, 0.05) is 10.6 Å². The van der Waals surface area contributed by atoms with Crippen LogP contribution in [0.15, 0.2) is 47.9 Å². The van der Waals surface area contributed by atoms with E-state index in [-0.39, 0.29) is 0 Å². The fourth-order valence-electron chi connectivity index (χ4n) is 3.90. The maximum Gasteiger partial charge on any atom is 0.0346 e. The van der Waals surface area contributed by atoms with Crippen LogP contribution in [0.5, 0.6) is 0 Å². The third kappa shape index (κ3) is 4.68. The van der Waals surface area contributed by atoms with Gasteiger partial charge in [-0.15, -0.1) is 0 Å². The lowest BCUT2D eigenvalue weighted by Gasteiger charge is -2.14. The minimum Gasteiger partial charge on any atom is -0.399 e. The molecular weight excluding hydrogens is 346 g/mol. The minimum absolute atomic E-state index is 0.390. The molecule has 0 bridgehead atoms. The summed E-state index contributed by atoms with van der Waals surface area (Å²) < 4.78 is 0. The smallest absolute Gasteiger partial charge is 0.0346 e. The van der Waals surface area contributed by atoms with Crippen LogP contribution < -0.4 is 5.73 Å². The summed E-state index contributed by atoms with van der Waals surface area (Å²) in [6, 6.07) is 11.2. The van der Waals surface area contributed by atoms with E-state index >= 15 is 0 Å². The van der Waals surface area contributed by atoms with Crippen molar-refractivity contribution in [3.63, 3.8) is 0 Å². The molecular formula is C25H31NS. The zero-order valence-electron chi connectivity index (χ0n) is 17.3. The number of nitrogens with two attached hydrogens (primary N) is 1. The summed E-state index contributed by atoms with van der Waals surface area (Å²) in [6.45, 7) is 15.4. The first kappa shape index (κ1) is 19.8. The molecule has 0 saturated heterocycles. The summed E-state index contributed by atoms with van der Waals surface area (Å²) in [4.78, 5) is 1.12. The molecule has 0 aromatic heterocycles. The highest BCUT2D eigenvalue weighted by Gasteiger charge is 2.28. The Morgan fingerprint density at radius 1 is 1.11 bits per heavy atom. The van der Waals surface area contributed by atoms with Crippen LogP contribution >= 0.6 is 11.8 Å². The summed E-state index contributed by atoms with van der Waals surface area (Å²) in [5, 5.41) is 2.24. The molecule has 0 saturated carbocycles. The second-order valence-electron chi connectivity index (χ2n) is 8.82. The van der Waals surface area contributed by atoms with Crippen LogP contribution in [0.3, 0.4) is 0 Å². The van der Waals surface area contributed by atoms with Crippen molar-refractivity contribution < 1.29 is 0 Å². The van der Waals surface area contributed by atoms with Gasteiger partial charge in [-0.1, -0.05) is 62.0 Å². The first-order valence-electron chi connectivity index (χ1n) is 9.63. The number of hydrogen-bond acceptors (Lipinski definition) is 2. The van der Waals surface area contributed by atoms with Gasteiger partial charge in [-0.2, -0.15) is 0 Å². The van der Waals surface area contributed by atoms with E-state index < -0.39 is 0 Å². The minimum atomic E-state index is 0.390. The third-order valence-corrected chi connectivity index (χ3v) is 6.50. The van der Waals surface area contributed by atoms with Crippen molar-refractivity contribution >= 4 is 22.4 Å². The van der Waals surface area contributed by atoms with E-state index in [2.05, 4.69) is 76.9 Å². The van der Waals surface area contributed by atoms with Crippen molar-refractivity contribution in [3.8, 4) is 0 Å². The van der Waals surface area contributed by atoms with E-state index in [1.807, 2.05) is 0 Å². The van der Waals surface area contributed by atoms with E-state index in [4.69, 9.17) is 5.73 Å². The summed E-state index contributed by atoms with van der Waals surface area (Å²) in [7, 11) is 0. The molecule has 2 aromatic carbocycles. The van der Waals surface area contributed by atoms with Crippen LogP contribution in [0.2, 0.25) is 0 Å². The van der Waals surface area contributed by atoms with Crippen LogP contribution in [0, 0.1) is 19.3 Å². The standard InChI is InChI=1S/C25H31NS/c1-16(9-22-10-18(3)24(26)11-17(22)2)15-27-19(4)20-7-8-21-13-25(5,6)14-23(21)12-20/h7-8,10-12,15H,4,9,13-14,26H2,1-3,5-6H3/b16-15+. The molecule has 1 nitrogen and oxygen atoms in total. The predicted molar refractivity (Wildman–Crippen MR) is 122 cm³/mol. The number of hydrogen-bond donors (Lipinski definition) is 1. The fraction of sp³-hybridized carbons (Fsp3) is 0.360. The molecule has 2 aromatic rings. The zero-order chi connectivity index (χ0) is 19.8. The van der Waals surface area contributed by atoms with Gasteiger partial charge in [0.15, 0.2) is 0 Å². The summed E-state index contributed by atoms with van der Waals surface area (Å²) in [6.07, 6.45) is 3.30. The average molecular weight is 378 g/mol. The van der Waals surface area contributed by atoms with Crippen LogP contribution in [0.25, 0.3) is 4.91 Å². The van der Waals surface area contributed by atoms with E-state index in [9.17, 15) is 0 Å². The molecule has 0 aliphatic heterocycles. The van der Waals surface area contributed by atoms with Crippen molar-refractivity contribution in [2.24, 2.45) is 5.41 Å². The molecule has 0 unspecified atom stereocenters. The van der Waals surface area contributed by atoms with Gasteiger partial charge in [-0.25, -0.2) is 0 Å². The van der Waals surface area contributed by atoms with Crippen molar-refractivity contribution in [2.45, 2.75) is 53.9 Å². The molecule has 1 aliphatic carbocycles. The molecule has 0 fully saturated rings. The van der Waals surface area contributed by atoms with E-state index in [0.717, 1.165) is 22.6 Å². The average Bonchev–Trinajstić information content (AvgIpc) is 2.90. The molecule has 0 radical (unpaired) electrons. The molecule has 2 N–H and O–H groups in total. The van der Waals surface area contributed by atoms with Crippen molar-refractivity contribution in [2.75, 3.05) is 5.73 Å². The summed E-state index contributed by atoms with van der Waals surface area (Å²) >= 11 is 1.73. The van der Waals surface area contributed by atoms with E-state index in [1.54, 1.807) is 11.8 Å². The normalized spacial score (nSPS) is 15.7. The summed E-state index contributed by atoms with van der Waals surface area (Å²) in [5.41, 5.74) is 16.6. The number of aryl methyl sites for hydroxylation is 2. The number of thioether (sulfide) groups is 1.